The highest BCUT2D eigenvalue weighted by Crippen LogP contribution is 2.25. The SMILES string of the molecule is Cc1cc(C(=O)Nc2ccc(OC(C)C(=O)O)c(F)c2)sc1C. The highest BCUT2D eigenvalue weighted by molar-refractivity contribution is 7.14. The van der Waals surface area contributed by atoms with Gasteiger partial charge < -0.3 is 15.2 Å². The molecular formula is C16H16FNO4S. The maximum absolute atomic E-state index is 13.9. The first-order chi connectivity index (χ1) is 10.8. The maximum Gasteiger partial charge on any atom is 0.344 e. The van der Waals surface area contributed by atoms with Gasteiger partial charge in [-0.2, -0.15) is 0 Å². The number of carbonyl (C=O) groups excluding carboxylic acids is 1. The lowest BCUT2D eigenvalue weighted by molar-refractivity contribution is -0.144. The van der Waals surface area contributed by atoms with Crippen LogP contribution in [0.4, 0.5) is 10.1 Å². The van der Waals surface area contributed by atoms with Gasteiger partial charge in [0.25, 0.3) is 5.91 Å². The van der Waals surface area contributed by atoms with E-state index in [0.29, 0.717) is 4.88 Å². The van der Waals surface area contributed by atoms with Crippen LogP contribution in [0.15, 0.2) is 24.3 Å². The van der Waals surface area contributed by atoms with E-state index >= 15 is 0 Å². The summed E-state index contributed by atoms with van der Waals surface area (Å²) in [4.78, 5) is 24.4. The molecule has 0 aliphatic heterocycles. The highest BCUT2D eigenvalue weighted by Gasteiger charge is 2.16. The molecule has 0 aliphatic carbocycles. The van der Waals surface area contributed by atoms with Crippen molar-refractivity contribution in [2.75, 3.05) is 5.32 Å². The van der Waals surface area contributed by atoms with Gasteiger partial charge in [0.1, 0.15) is 0 Å². The summed E-state index contributed by atoms with van der Waals surface area (Å²) >= 11 is 1.36. The molecule has 0 radical (unpaired) electrons. The van der Waals surface area contributed by atoms with Gasteiger partial charge in [0, 0.05) is 16.6 Å². The highest BCUT2D eigenvalue weighted by atomic mass is 32.1. The number of hydrogen-bond donors (Lipinski definition) is 2. The number of carbonyl (C=O) groups is 2. The number of nitrogens with one attached hydrogen (secondary N) is 1. The number of aliphatic carboxylic acids is 1. The molecular weight excluding hydrogens is 321 g/mol. The Morgan fingerprint density at radius 2 is 2.00 bits per heavy atom. The van der Waals surface area contributed by atoms with Gasteiger partial charge >= 0.3 is 5.97 Å². The average molecular weight is 337 g/mol. The average Bonchev–Trinajstić information content (AvgIpc) is 2.81. The second-order valence-electron chi connectivity index (χ2n) is 5.05. The first kappa shape index (κ1) is 17.0. The number of amides is 1. The number of benzene rings is 1. The molecule has 1 unspecified atom stereocenters. The summed E-state index contributed by atoms with van der Waals surface area (Å²) in [5.41, 5.74) is 1.30. The fraction of sp³-hybridized carbons (Fsp3) is 0.250. The van der Waals surface area contributed by atoms with Gasteiger partial charge in [-0.3, -0.25) is 4.79 Å². The molecule has 1 atom stereocenters. The van der Waals surface area contributed by atoms with Crippen molar-refractivity contribution in [1.29, 1.82) is 0 Å². The van der Waals surface area contributed by atoms with Crippen LogP contribution < -0.4 is 10.1 Å². The van der Waals surface area contributed by atoms with E-state index in [1.54, 1.807) is 6.07 Å². The Morgan fingerprint density at radius 1 is 1.30 bits per heavy atom. The van der Waals surface area contributed by atoms with E-state index in [2.05, 4.69) is 5.32 Å². The first-order valence-corrected chi connectivity index (χ1v) is 7.67. The van der Waals surface area contributed by atoms with Crippen molar-refractivity contribution in [2.45, 2.75) is 26.9 Å². The van der Waals surface area contributed by atoms with Gasteiger partial charge in [-0.05, 0) is 44.5 Å². The first-order valence-electron chi connectivity index (χ1n) is 6.85. The van der Waals surface area contributed by atoms with Crippen molar-refractivity contribution < 1.29 is 23.8 Å². The van der Waals surface area contributed by atoms with Crippen LogP contribution in [-0.2, 0) is 4.79 Å². The zero-order chi connectivity index (χ0) is 17.1. The van der Waals surface area contributed by atoms with Crippen LogP contribution >= 0.6 is 11.3 Å². The fourth-order valence-electron chi connectivity index (χ4n) is 1.79. The van der Waals surface area contributed by atoms with Crippen molar-refractivity contribution >= 4 is 28.9 Å². The van der Waals surface area contributed by atoms with E-state index in [0.717, 1.165) is 16.5 Å². The zero-order valence-corrected chi connectivity index (χ0v) is 13.7. The number of hydrogen-bond acceptors (Lipinski definition) is 4. The molecule has 0 saturated carbocycles. The van der Waals surface area contributed by atoms with Crippen molar-refractivity contribution in [3.8, 4) is 5.75 Å². The van der Waals surface area contributed by atoms with Crippen molar-refractivity contribution in [3.63, 3.8) is 0 Å². The number of anilines is 1. The second kappa shape index (κ2) is 6.78. The maximum atomic E-state index is 13.9. The summed E-state index contributed by atoms with van der Waals surface area (Å²) in [6.45, 7) is 5.14. The third-order valence-electron chi connectivity index (χ3n) is 3.23. The Hall–Kier alpha value is -2.41. The molecule has 1 aromatic heterocycles. The summed E-state index contributed by atoms with van der Waals surface area (Å²) in [5.74, 6) is -2.43. The van der Waals surface area contributed by atoms with Crippen LogP contribution in [-0.4, -0.2) is 23.1 Å². The van der Waals surface area contributed by atoms with Gasteiger partial charge in [0.15, 0.2) is 17.7 Å². The Labute approximate surface area is 136 Å². The number of carboxylic acid groups (broad SMARTS) is 1. The molecule has 2 aromatic rings. The van der Waals surface area contributed by atoms with Gasteiger partial charge in [-0.15, -0.1) is 11.3 Å². The molecule has 23 heavy (non-hydrogen) atoms. The Balaban J connectivity index is 2.11. The topological polar surface area (TPSA) is 75.6 Å². The summed E-state index contributed by atoms with van der Waals surface area (Å²) in [6.07, 6.45) is -1.16. The molecule has 1 heterocycles. The minimum atomic E-state index is -1.19. The Kier molecular flexibility index (Phi) is 5.00. The van der Waals surface area contributed by atoms with Crippen LogP contribution in [0.3, 0.4) is 0 Å². The third-order valence-corrected chi connectivity index (χ3v) is 4.38. The van der Waals surface area contributed by atoms with Gasteiger partial charge in [-0.25, -0.2) is 9.18 Å². The van der Waals surface area contributed by atoms with Gasteiger partial charge in [0.2, 0.25) is 0 Å². The molecule has 5 nitrogen and oxygen atoms in total. The van der Waals surface area contributed by atoms with Crippen molar-refractivity contribution in [2.24, 2.45) is 0 Å². The van der Waals surface area contributed by atoms with Crippen LogP contribution in [0.5, 0.6) is 5.75 Å². The number of ether oxygens (including phenoxy) is 1. The molecule has 7 heteroatoms. The summed E-state index contributed by atoms with van der Waals surface area (Å²) < 4.78 is 18.9. The normalized spacial score (nSPS) is 11.8. The molecule has 2 rings (SSSR count). The van der Waals surface area contributed by atoms with E-state index in [9.17, 15) is 14.0 Å². The predicted octanol–water partition coefficient (Wildman–Crippen LogP) is 3.61. The van der Waals surface area contributed by atoms with E-state index in [1.807, 2.05) is 13.8 Å². The molecule has 0 aliphatic rings. The number of halogens is 1. The molecule has 2 N–H and O–H groups in total. The van der Waals surface area contributed by atoms with Crippen molar-refractivity contribution in [1.82, 2.24) is 0 Å². The van der Waals surface area contributed by atoms with Crippen LogP contribution in [0.25, 0.3) is 0 Å². The molecule has 1 amide bonds. The molecule has 0 fully saturated rings. The third kappa shape index (κ3) is 4.07. The molecule has 122 valence electrons. The lowest BCUT2D eigenvalue weighted by atomic mass is 10.2. The largest absolute Gasteiger partial charge is 0.479 e. The molecule has 0 bridgehead atoms. The van der Waals surface area contributed by atoms with E-state index in [-0.39, 0.29) is 17.3 Å². The lowest BCUT2D eigenvalue weighted by Gasteiger charge is -2.12. The van der Waals surface area contributed by atoms with Crippen LogP contribution in [0, 0.1) is 19.7 Å². The number of rotatable bonds is 5. The second-order valence-corrected chi connectivity index (χ2v) is 6.30. The predicted molar refractivity (Wildman–Crippen MR) is 85.9 cm³/mol. The zero-order valence-electron chi connectivity index (χ0n) is 12.8. The Bertz CT molecular complexity index is 737. The molecule has 0 spiro atoms. The summed E-state index contributed by atoms with van der Waals surface area (Å²) in [6, 6.07) is 5.61. The van der Waals surface area contributed by atoms with Crippen molar-refractivity contribution in [3.05, 3.63) is 45.4 Å². The van der Waals surface area contributed by atoms with Crippen LogP contribution in [0.1, 0.15) is 27.0 Å². The smallest absolute Gasteiger partial charge is 0.344 e. The summed E-state index contributed by atoms with van der Waals surface area (Å²) in [5, 5.41) is 11.4. The van der Waals surface area contributed by atoms with Crippen LogP contribution in [0.2, 0.25) is 0 Å². The van der Waals surface area contributed by atoms with Gasteiger partial charge in [-0.1, -0.05) is 0 Å². The summed E-state index contributed by atoms with van der Waals surface area (Å²) in [7, 11) is 0. The van der Waals surface area contributed by atoms with E-state index in [4.69, 9.17) is 9.84 Å². The van der Waals surface area contributed by atoms with E-state index in [1.165, 1.54) is 30.4 Å². The monoisotopic (exact) mass is 337 g/mol. The Morgan fingerprint density at radius 3 is 2.52 bits per heavy atom. The minimum Gasteiger partial charge on any atom is -0.479 e. The minimum absolute atomic E-state index is 0.180. The van der Waals surface area contributed by atoms with E-state index < -0.39 is 17.9 Å². The lowest BCUT2D eigenvalue weighted by Crippen LogP contribution is -2.23. The number of thiophene rings is 1. The molecule has 0 saturated heterocycles. The fourth-order valence-corrected chi connectivity index (χ4v) is 2.72. The quantitative estimate of drug-likeness (QED) is 0.874. The number of carboxylic acids is 1. The van der Waals surface area contributed by atoms with Gasteiger partial charge in [0.05, 0.1) is 4.88 Å². The number of aryl methyl sites for hydroxylation is 2. The standard InChI is InChI=1S/C16H16FNO4S/c1-8-6-14(23-10(8)3)15(19)18-11-4-5-13(12(17)7-11)22-9(2)16(20)21/h4-7,9H,1-3H3,(H,18,19)(H,20,21). The molecule has 1 aromatic carbocycles.